The topological polar surface area (TPSA) is 36.0 Å². The first-order valence-corrected chi connectivity index (χ1v) is 38.0. The van der Waals surface area contributed by atoms with Crippen molar-refractivity contribution in [2.75, 3.05) is 19.6 Å². The molecule has 0 N–H and O–H groups in total. The second kappa shape index (κ2) is 23.4. The quantitative estimate of drug-likeness (QED) is 0.142. The van der Waals surface area contributed by atoms with Gasteiger partial charge in [-0.15, -0.1) is 0 Å². The van der Waals surface area contributed by atoms with Crippen molar-refractivity contribution in [3.8, 4) is 33.6 Å². The molecule has 4 aliphatic rings. The summed E-state index contributed by atoms with van der Waals surface area (Å²) < 4.78 is 12.2. The van der Waals surface area contributed by atoms with Gasteiger partial charge in [-0.05, 0) is 164 Å². The van der Waals surface area contributed by atoms with Crippen LogP contribution < -0.4 is 52.4 Å². The Balaban J connectivity index is 0.879. The number of rotatable bonds is 8. The van der Waals surface area contributed by atoms with Gasteiger partial charge in [0.1, 0.15) is 5.58 Å². The molecule has 0 unspecified atom stereocenters. The molecular formula is C100H68B2N6O. The Morgan fingerprint density at radius 2 is 0.661 bits per heavy atom. The fourth-order valence-corrected chi connectivity index (χ4v) is 19.1. The van der Waals surface area contributed by atoms with Crippen molar-refractivity contribution in [3.05, 3.63) is 363 Å². The summed E-state index contributed by atoms with van der Waals surface area (Å²) >= 11 is 0. The Kier molecular flexibility index (Phi) is 13.2. The van der Waals surface area contributed by atoms with Crippen LogP contribution in [0.3, 0.4) is 0 Å². The fourth-order valence-electron chi connectivity index (χ4n) is 19.1. The molecule has 9 heteroatoms. The molecule has 7 nitrogen and oxygen atoms in total. The number of anilines is 12. The van der Waals surface area contributed by atoms with E-state index in [9.17, 15) is 0 Å². The smallest absolute Gasteiger partial charge is 0.252 e. The maximum atomic E-state index is 7.17. The molecular weight excluding hydrogens is 1320 g/mol. The number of aromatic nitrogens is 2. The maximum Gasteiger partial charge on any atom is 0.252 e. The lowest BCUT2D eigenvalue weighted by atomic mass is 9.30. The van der Waals surface area contributed by atoms with Crippen LogP contribution in [0.1, 0.15) is 26.3 Å². The standard InChI is InChI=1S/C100H68B2N6O/c1-100(2,3)65-56-91-96-92(57-65)108(98-70(63-30-8-4-9-31-63)43-28-44-71(98)64-32-10-5-11-33-64)90-62-89-80(61-81(90)102(96)79-55-54-68(58-88(79)103(91)66-34-12-6-13-35-66)105-82-47-22-16-38-72(82)73-39-17-23-48-83(73)105)101-78-46-21-26-51-86(78)107(87-52-29-45-77-76-42-20-27-53-95(76)109-99(77)87)94-60-69(59-93(97(94)101)104(89)67-36-14-7-15-37-67)106-84-49-24-18-40-74(84)75-41-19-25-50-85(75)106/h4-62H,1-3H3. The fraction of sp³-hybridized carbons (Fsp3) is 0.0400. The highest BCUT2D eigenvalue weighted by Gasteiger charge is 2.50. The van der Waals surface area contributed by atoms with Gasteiger partial charge < -0.3 is 33.2 Å². The predicted molar refractivity (Wildman–Crippen MR) is 460 cm³/mol. The van der Waals surface area contributed by atoms with Gasteiger partial charge in [-0.2, -0.15) is 0 Å². The summed E-state index contributed by atoms with van der Waals surface area (Å²) in [6.45, 7) is 6.60. The van der Waals surface area contributed by atoms with Crippen LogP contribution in [0.2, 0.25) is 0 Å². The molecule has 0 aliphatic carbocycles. The first-order valence-electron chi connectivity index (χ1n) is 38.0. The first-order chi connectivity index (χ1) is 53.8. The van der Waals surface area contributed by atoms with E-state index >= 15 is 0 Å². The van der Waals surface area contributed by atoms with Crippen molar-refractivity contribution in [1.82, 2.24) is 9.13 Å². The van der Waals surface area contributed by atoms with E-state index < -0.39 is 0 Å². The molecule has 0 fully saturated rings. The summed E-state index contributed by atoms with van der Waals surface area (Å²) in [5.74, 6) is 0. The molecule has 19 aromatic rings. The zero-order valence-corrected chi connectivity index (χ0v) is 60.3. The van der Waals surface area contributed by atoms with Crippen LogP contribution >= 0.6 is 0 Å². The van der Waals surface area contributed by atoms with Crippen molar-refractivity contribution >= 4 is 180 Å². The number of para-hydroxylation sites is 10. The molecule has 0 amide bonds. The molecule has 23 rings (SSSR count). The summed E-state index contributed by atoms with van der Waals surface area (Å²) in [5.41, 5.74) is 34.5. The van der Waals surface area contributed by atoms with E-state index in [0.717, 1.165) is 135 Å². The zero-order chi connectivity index (χ0) is 71.9. The minimum atomic E-state index is -0.296. The SMILES string of the molecule is CC(C)(C)c1cc2c3c(c1)N(c1c(-c4ccccc4)cccc1-c1ccccc1)c1cc4c(cc1B3c1ccc(-n3c5ccccc5c5ccccc53)cc1N2c1ccccc1)B1c2ccccc2N(c2cccc3c2oc2ccccc23)c2cc(-n3c5ccccc5c5ccccc53)cc(c21)N4c1ccccc1. The molecule has 16 aromatic carbocycles. The zero-order valence-electron chi connectivity index (χ0n) is 60.3. The Labute approximate surface area is 632 Å². The van der Waals surface area contributed by atoms with Crippen LogP contribution in [0, 0.1) is 0 Å². The van der Waals surface area contributed by atoms with Crippen molar-refractivity contribution in [2.45, 2.75) is 26.2 Å². The van der Waals surface area contributed by atoms with Crippen LogP contribution in [-0.2, 0) is 5.41 Å². The molecule has 0 saturated carbocycles. The summed E-state index contributed by atoms with van der Waals surface area (Å²) in [6, 6.07) is 134. The lowest BCUT2D eigenvalue weighted by Crippen LogP contribution is -2.65. The maximum absolute atomic E-state index is 7.17. The summed E-state index contributed by atoms with van der Waals surface area (Å²) in [5, 5.41) is 7.04. The van der Waals surface area contributed by atoms with Gasteiger partial charge in [0.15, 0.2) is 5.58 Å². The second-order valence-electron chi connectivity index (χ2n) is 30.7. The average molecular weight is 1390 g/mol. The lowest BCUT2D eigenvalue weighted by Gasteiger charge is -2.48. The Bertz CT molecular complexity index is 6850. The highest BCUT2D eigenvalue weighted by atomic mass is 16.3. The van der Waals surface area contributed by atoms with E-state index in [1.165, 1.54) is 70.9 Å². The largest absolute Gasteiger partial charge is 0.454 e. The highest BCUT2D eigenvalue weighted by Crippen LogP contribution is 2.55. The summed E-state index contributed by atoms with van der Waals surface area (Å²) in [6.07, 6.45) is 0. The molecule has 0 atom stereocenters. The van der Waals surface area contributed by atoms with Gasteiger partial charge in [0, 0.05) is 106 Å². The van der Waals surface area contributed by atoms with E-state index in [2.05, 4.69) is 407 Å². The first kappa shape index (κ1) is 61.5. The summed E-state index contributed by atoms with van der Waals surface area (Å²) in [4.78, 5) is 10.5. The molecule has 510 valence electrons. The monoisotopic (exact) mass is 1390 g/mol. The van der Waals surface area contributed by atoms with Gasteiger partial charge in [-0.25, -0.2) is 0 Å². The van der Waals surface area contributed by atoms with Crippen molar-refractivity contribution in [2.24, 2.45) is 0 Å². The van der Waals surface area contributed by atoms with Crippen molar-refractivity contribution < 1.29 is 4.42 Å². The number of fused-ring (bicyclic) bond motifs is 17. The number of hydrogen-bond donors (Lipinski definition) is 0. The third kappa shape index (κ3) is 8.96. The van der Waals surface area contributed by atoms with Gasteiger partial charge in [0.25, 0.3) is 13.4 Å². The number of furan rings is 1. The Morgan fingerprint density at radius 3 is 1.22 bits per heavy atom. The Morgan fingerprint density at radius 1 is 0.257 bits per heavy atom. The van der Waals surface area contributed by atoms with Gasteiger partial charge in [-0.1, -0.05) is 269 Å². The van der Waals surface area contributed by atoms with Crippen LogP contribution in [0.15, 0.2) is 362 Å². The van der Waals surface area contributed by atoms with E-state index in [-0.39, 0.29) is 18.8 Å². The third-order valence-corrected chi connectivity index (χ3v) is 23.8. The number of benzene rings is 16. The van der Waals surface area contributed by atoms with Gasteiger partial charge in [0.05, 0.1) is 39.1 Å². The van der Waals surface area contributed by atoms with Crippen LogP contribution in [0.4, 0.5) is 68.2 Å². The van der Waals surface area contributed by atoms with Crippen molar-refractivity contribution in [3.63, 3.8) is 0 Å². The van der Waals surface area contributed by atoms with E-state index in [1.54, 1.807) is 0 Å². The van der Waals surface area contributed by atoms with Crippen molar-refractivity contribution in [1.29, 1.82) is 0 Å². The van der Waals surface area contributed by atoms with Gasteiger partial charge >= 0.3 is 0 Å². The predicted octanol–water partition coefficient (Wildman–Crippen LogP) is 22.6. The molecule has 4 aliphatic heterocycles. The molecule has 7 heterocycles. The minimum Gasteiger partial charge on any atom is -0.454 e. The molecule has 0 bridgehead atoms. The van der Waals surface area contributed by atoms with Gasteiger partial charge in [0.2, 0.25) is 0 Å². The summed E-state index contributed by atoms with van der Waals surface area (Å²) in [7, 11) is 0. The Hall–Kier alpha value is -13.8. The number of hydrogen-bond acceptors (Lipinski definition) is 5. The van der Waals surface area contributed by atoms with Gasteiger partial charge in [-0.3, -0.25) is 0 Å². The van der Waals surface area contributed by atoms with E-state index in [0.29, 0.717) is 0 Å². The van der Waals surface area contributed by atoms with E-state index in [4.69, 9.17) is 4.42 Å². The molecule has 0 radical (unpaired) electrons. The molecule has 3 aromatic heterocycles. The average Bonchev–Trinajstić information content (AvgIpc) is 1.27. The highest BCUT2D eigenvalue weighted by molar-refractivity contribution is 7.03. The van der Waals surface area contributed by atoms with Crippen LogP contribution in [0.25, 0.3) is 99.2 Å². The van der Waals surface area contributed by atoms with Crippen LogP contribution in [0.5, 0.6) is 0 Å². The van der Waals surface area contributed by atoms with E-state index in [1.807, 2.05) is 0 Å². The normalized spacial score (nSPS) is 13.3. The van der Waals surface area contributed by atoms with Crippen LogP contribution in [-0.4, -0.2) is 22.6 Å². The molecule has 0 spiro atoms. The second-order valence-corrected chi connectivity index (χ2v) is 30.7. The third-order valence-electron chi connectivity index (χ3n) is 23.8. The number of nitrogens with zero attached hydrogens (tertiary/aromatic N) is 6. The molecule has 0 saturated heterocycles. The minimum absolute atomic E-state index is 0.268. The lowest BCUT2D eigenvalue weighted by molar-refractivity contribution is 0.590. The molecule has 109 heavy (non-hydrogen) atoms.